The second kappa shape index (κ2) is 6.92. The lowest BCUT2D eigenvalue weighted by molar-refractivity contribution is 0.0912. The standard InChI is InChI=1S/C16H27NO2/c1-12-7-8-15(19-13(2)11-18-6)14(9-12)10-17-16(3,4)5/h7-9,13,17H,10-11H2,1-6H3. The van der Waals surface area contributed by atoms with Crippen LogP contribution in [0.5, 0.6) is 5.75 Å². The summed E-state index contributed by atoms with van der Waals surface area (Å²) in [4.78, 5) is 0. The van der Waals surface area contributed by atoms with Crippen LogP contribution in [0.1, 0.15) is 38.8 Å². The van der Waals surface area contributed by atoms with Gasteiger partial charge in [-0.2, -0.15) is 0 Å². The molecular formula is C16H27NO2. The van der Waals surface area contributed by atoms with E-state index in [1.54, 1.807) is 7.11 Å². The van der Waals surface area contributed by atoms with E-state index in [0.717, 1.165) is 12.3 Å². The smallest absolute Gasteiger partial charge is 0.124 e. The van der Waals surface area contributed by atoms with E-state index in [0.29, 0.717) is 6.61 Å². The maximum Gasteiger partial charge on any atom is 0.124 e. The molecule has 1 aromatic rings. The first-order valence-corrected chi connectivity index (χ1v) is 6.82. The number of rotatable bonds is 6. The lowest BCUT2D eigenvalue weighted by Crippen LogP contribution is -2.35. The van der Waals surface area contributed by atoms with Crippen molar-refractivity contribution in [2.75, 3.05) is 13.7 Å². The van der Waals surface area contributed by atoms with Gasteiger partial charge < -0.3 is 14.8 Å². The molecule has 1 atom stereocenters. The highest BCUT2D eigenvalue weighted by molar-refractivity contribution is 5.37. The van der Waals surface area contributed by atoms with E-state index >= 15 is 0 Å². The zero-order valence-electron chi connectivity index (χ0n) is 13.0. The zero-order chi connectivity index (χ0) is 14.5. The monoisotopic (exact) mass is 265 g/mol. The van der Waals surface area contributed by atoms with Crippen molar-refractivity contribution in [2.45, 2.75) is 52.8 Å². The van der Waals surface area contributed by atoms with Gasteiger partial charge in [0.15, 0.2) is 0 Å². The minimum Gasteiger partial charge on any atom is -0.488 e. The minimum absolute atomic E-state index is 0.0566. The highest BCUT2D eigenvalue weighted by Gasteiger charge is 2.12. The van der Waals surface area contributed by atoms with Crippen molar-refractivity contribution >= 4 is 0 Å². The minimum atomic E-state index is 0.0566. The van der Waals surface area contributed by atoms with E-state index in [1.807, 2.05) is 13.0 Å². The summed E-state index contributed by atoms with van der Waals surface area (Å²) in [6.07, 6.45) is 0.0566. The molecule has 3 nitrogen and oxygen atoms in total. The van der Waals surface area contributed by atoms with Crippen LogP contribution in [-0.2, 0) is 11.3 Å². The van der Waals surface area contributed by atoms with Crippen molar-refractivity contribution in [1.29, 1.82) is 0 Å². The fourth-order valence-electron chi connectivity index (χ4n) is 1.81. The van der Waals surface area contributed by atoms with Gasteiger partial charge in [0.2, 0.25) is 0 Å². The van der Waals surface area contributed by atoms with Crippen LogP contribution in [0, 0.1) is 6.92 Å². The molecule has 19 heavy (non-hydrogen) atoms. The number of benzene rings is 1. The molecule has 1 rings (SSSR count). The maximum atomic E-state index is 5.94. The Labute approximate surface area is 117 Å². The van der Waals surface area contributed by atoms with Crippen LogP contribution in [0.25, 0.3) is 0 Å². The average molecular weight is 265 g/mol. The quantitative estimate of drug-likeness (QED) is 0.856. The third kappa shape index (κ3) is 6.08. The molecule has 0 fully saturated rings. The fourth-order valence-corrected chi connectivity index (χ4v) is 1.81. The largest absolute Gasteiger partial charge is 0.488 e. The van der Waals surface area contributed by atoms with Crippen molar-refractivity contribution in [3.05, 3.63) is 29.3 Å². The van der Waals surface area contributed by atoms with E-state index in [2.05, 4.69) is 45.1 Å². The van der Waals surface area contributed by atoms with Crippen molar-refractivity contribution in [3.63, 3.8) is 0 Å². The molecule has 0 aliphatic carbocycles. The van der Waals surface area contributed by atoms with E-state index in [-0.39, 0.29) is 11.6 Å². The van der Waals surface area contributed by atoms with E-state index in [9.17, 15) is 0 Å². The van der Waals surface area contributed by atoms with Gasteiger partial charge in [0.25, 0.3) is 0 Å². The lowest BCUT2D eigenvalue weighted by atomic mass is 10.1. The van der Waals surface area contributed by atoms with Gasteiger partial charge in [-0.3, -0.25) is 0 Å². The summed E-state index contributed by atoms with van der Waals surface area (Å²) < 4.78 is 11.1. The first-order valence-electron chi connectivity index (χ1n) is 6.82. The number of hydrogen-bond acceptors (Lipinski definition) is 3. The Morgan fingerprint density at radius 3 is 2.53 bits per heavy atom. The summed E-state index contributed by atoms with van der Waals surface area (Å²) in [7, 11) is 1.69. The van der Waals surface area contributed by atoms with Gasteiger partial charge in [0, 0.05) is 24.8 Å². The molecule has 1 unspecified atom stereocenters. The summed E-state index contributed by atoms with van der Waals surface area (Å²) >= 11 is 0. The van der Waals surface area contributed by atoms with Crippen LogP contribution in [0.2, 0.25) is 0 Å². The second-order valence-electron chi connectivity index (χ2n) is 6.10. The predicted molar refractivity (Wildman–Crippen MR) is 79.7 cm³/mol. The van der Waals surface area contributed by atoms with Gasteiger partial charge >= 0.3 is 0 Å². The first-order chi connectivity index (χ1) is 8.81. The summed E-state index contributed by atoms with van der Waals surface area (Å²) in [5.74, 6) is 0.937. The van der Waals surface area contributed by atoms with Gasteiger partial charge in [-0.15, -0.1) is 0 Å². The topological polar surface area (TPSA) is 30.5 Å². The van der Waals surface area contributed by atoms with Gasteiger partial charge in [0.05, 0.1) is 6.61 Å². The van der Waals surface area contributed by atoms with Crippen LogP contribution < -0.4 is 10.1 Å². The molecule has 0 bridgehead atoms. The van der Waals surface area contributed by atoms with Crippen LogP contribution in [0.15, 0.2) is 18.2 Å². The molecule has 108 valence electrons. The second-order valence-corrected chi connectivity index (χ2v) is 6.10. The molecule has 0 spiro atoms. The molecule has 0 radical (unpaired) electrons. The molecular weight excluding hydrogens is 238 g/mol. The molecule has 3 heteroatoms. The normalized spacial score (nSPS) is 13.4. The average Bonchev–Trinajstić information content (AvgIpc) is 2.29. The Bertz CT molecular complexity index is 396. The molecule has 1 aromatic carbocycles. The van der Waals surface area contributed by atoms with Crippen LogP contribution in [0.3, 0.4) is 0 Å². The van der Waals surface area contributed by atoms with Gasteiger partial charge in [-0.1, -0.05) is 17.7 Å². The van der Waals surface area contributed by atoms with E-state index in [1.165, 1.54) is 11.1 Å². The highest BCUT2D eigenvalue weighted by atomic mass is 16.5. The van der Waals surface area contributed by atoms with Gasteiger partial charge in [-0.05, 0) is 40.7 Å². The van der Waals surface area contributed by atoms with Crippen LogP contribution in [0.4, 0.5) is 0 Å². The van der Waals surface area contributed by atoms with E-state index in [4.69, 9.17) is 9.47 Å². The number of methoxy groups -OCH3 is 1. The SMILES string of the molecule is COCC(C)Oc1ccc(C)cc1CNC(C)(C)C. The molecule has 0 aromatic heterocycles. The molecule has 0 aliphatic heterocycles. The Morgan fingerprint density at radius 2 is 1.95 bits per heavy atom. The lowest BCUT2D eigenvalue weighted by Gasteiger charge is -2.23. The Hall–Kier alpha value is -1.06. The first kappa shape index (κ1) is 16.0. The summed E-state index contributed by atoms with van der Waals surface area (Å²) in [6.45, 7) is 12.0. The number of aryl methyl sites for hydroxylation is 1. The van der Waals surface area contributed by atoms with Gasteiger partial charge in [0.1, 0.15) is 11.9 Å². The summed E-state index contributed by atoms with van der Waals surface area (Å²) in [5.41, 5.74) is 2.54. The predicted octanol–water partition coefficient (Wildman–Crippen LogP) is 3.30. The Balaban J connectivity index is 2.79. The number of hydrogen-bond donors (Lipinski definition) is 1. The molecule has 0 aliphatic rings. The fraction of sp³-hybridized carbons (Fsp3) is 0.625. The summed E-state index contributed by atoms with van der Waals surface area (Å²) in [5, 5.41) is 3.50. The number of nitrogens with one attached hydrogen (secondary N) is 1. The molecule has 1 N–H and O–H groups in total. The summed E-state index contributed by atoms with van der Waals surface area (Å²) in [6, 6.07) is 6.30. The van der Waals surface area contributed by atoms with E-state index < -0.39 is 0 Å². The number of ether oxygens (including phenoxy) is 2. The Morgan fingerprint density at radius 1 is 1.26 bits per heavy atom. The van der Waals surface area contributed by atoms with Crippen molar-refractivity contribution in [2.24, 2.45) is 0 Å². The van der Waals surface area contributed by atoms with Gasteiger partial charge in [-0.25, -0.2) is 0 Å². The third-order valence-electron chi connectivity index (χ3n) is 2.75. The molecule has 0 amide bonds. The highest BCUT2D eigenvalue weighted by Crippen LogP contribution is 2.22. The molecule has 0 saturated carbocycles. The molecule has 0 saturated heterocycles. The maximum absolute atomic E-state index is 5.94. The Kier molecular flexibility index (Phi) is 5.83. The van der Waals surface area contributed by atoms with Crippen molar-refractivity contribution in [3.8, 4) is 5.75 Å². The van der Waals surface area contributed by atoms with Crippen LogP contribution >= 0.6 is 0 Å². The van der Waals surface area contributed by atoms with Crippen LogP contribution in [-0.4, -0.2) is 25.4 Å². The van der Waals surface area contributed by atoms with Crippen molar-refractivity contribution < 1.29 is 9.47 Å². The molecule has 0 heterocycles. The third-order valence-corrected chi connectivity index (χ3v) is 2.75. The van der Waals surface area contributed by atoms with Crippen molar-refractivity contribution in [1.82, 2.24) is 5.32 Å². The zero-order valence-corrected chi connectivity index (χ0v) is 13.0.